The SMILES string of the molecule is C[C@@H]1C(C2C=CCC(O)C2)=C2C=CC=CN2C1C1CCCN(C(O)OC(C)(C)C)C1. The highest BCUT2D eigenvalue weighted by molar-refractivity contribution is 5.42. The third kappa shape index (κ3) is 4.45. The van der Waals surface area contributed by atoms with Gasteiger partial charge in [0, 0.05) is 42.9 Å². The van der Waals surface area contributed by atoms with Crippen molar-refractivity contribution in [3.8, 4) is 0 Å². The molecule has 0 bridgehead atoms. The molecule has 0 aromatic rings. The molecule has 1 fully saturated rings. The number of ether oxygens (including phenoxy) is 1. The van der Waals surface area contributed by atoms with E-state index in [2.05, 4.69) is 53.3 Å². The minimum Gasteiger partial charge on any atom is -0.393 e. The van der Waals surface area contributed by atoms with Gasteiger partial charge >= 0.3 is 0 Å². The lowest BCUT2D eigenvalue weighted by Crippen LogP contribution is -2.51. The summed E-state index contributed by atoms with van der Waals surface area (Å²) in [4.78, 5) is 4.55. The molecule has 0 aromatic heterocycles. The van der Waals surface area contributed by atoms with E-state index < -0.39 is 6.41 Å². The van der Waals surface area contributed by atoms with E-state index in [-0.39, 0.29) is 11.7 Å². The van der Waals surface area contributed by atoms with Crippen LogP contribution in [0.3, 0.4) is 0 Å². The van der Waals surface area contributed by atoms with E-state index in [4.69, 9.17) is 4.74 Å². The lowest BCUT2D eigenvalue weighted by Gasteiger charge is -2.43. The fourth-order valence-electron chi connectivity index (χ4n) is 5.79. The maximum absolute atomic E-state index is 10.7. The zero-order valence-corrected chi connectivity index (χ0v) is 18.9. The van der Waals surface area contributed by atoms with Gasteiger partial charge in [0.15, 0.2) is 0 Å². The van der Waals surface area contributed by atoms with Gasteiger partial charge in [0.1, 0.15) is 0 Å². The highest BCUT2D eigenvalue weighted by Crippen LogP contribution is 2.46. The molecule has 3 aliphatic heterocycles. The van der Waals surface area contributed by atoms with Crippen LogP contribution in [-0.4, -0.2) is 57.3 Å². The van der Waals surface area contributed by atoms with Crippen LogP contribution in [0.5, 0.6) is 0 Å². The predicted octanol–water partition coefficient (Wildman–Crippen LogP) is 3.77. The van der Waals surface area contributed by atoms with Crippen molar-refractivity contribution in [3.63, 3.8) is 0 Å². The molecule has 5 heteroatoms. The Labute approximate surface area is 181 Å². The van der Waals surface area contributed by atoms with Crippen LogP contribution in [0.25, 0.3) is 0 Å². The molecule has 5 unspecified atom stereocenters. The quantitative estimate of drug-likeness (QED) is 0.542. The second-order valence-electron chi connectivity index (χ2n) is 10.3. The molecule has 2 N–H and O–H groups in total. The lowest BCUT2D eigenvalue weighted by molar-refractivity contribution is -0.246. The van der Waals surface area contributed by atoms with Crippen molar-refractivity contribution in [2.24, 2.45) is 17.8 Å². The molecule has 5 nitrogen and oxygen atoms in total. The van der Waals surface area contributed by atoms with E-state index in [0.29, 0.717) is 23.8 Å². The topological polar surface area (TPSA) is 56.2 Å². The van der Waals surface area contributed by atoms with Gasteiger partial charge in [0.25, 0.3) is 0 Å². The van der Waals surface area contributed by atoms with E-state index in [1.54, 1.807) is 0 Å². The minimum atomic E-state index is -0.857. The van der Waals surface area contributed by atoms with Crippen LogP contribution in [0.1, 0.15) is 53.4 Å². The van der Waals surface area contributed by atoms with Gasteiger partial charge in [-0.1, -0.05) is 25.2 Å². The van der Waals surface area contributed by atoms with Gasteiger partial charge in [0.05, 0.1) is 11.7 Å². The van der Waals surface area contributed by atoms with Gasteiger partial charge in [-0.25, -0.2) is 0 Å². The zero-order valence-electron chi connectivity index (χ0n) is 18.9. The van der Waals surface area contributed by atoms with Gasteiger partial charge < -0.3 is 19.8 Å². The second kappa shape index (κ2) is 8.62. The molecular formula is C25H38N2O3. The highest BCUT2D eigenvalue weighted by Gasteiger charge is 2.45. The van der Waals surface area contributed by atoms with E-state index in [1.807, 2.05) is 20.8 Å². The van der Waals surface area contributed by atoms with Crippen LogP contribution >= 0.6 is 0 Å². The summed E-state index contributed by atoms with van der Waals surface area (Å²) < 4.78 is 5.85. The number of hydrogen-bond donors (Lipinski definition) is 2. The standard InChI is InChI=1S/C25H38N2O3/c1-17-22(18-9-7-11-20(28)15-18)21-12-5-6-14-27(21)23(17)19-10-8-13-26(16-19)24(29)30-25(2,3)4/h5-7,9,12,14,17-20,23-24,28-29H,8,10-11,13,15-16H2,1-4H3/t17-,18?,19?,20?,23?,24?/m1/s1. The average Bonchev–Trinajstić information content (AvgIpc) is 2.98. The smallest absolute Gasteiger partial charge is 0.216 e. The third-order valence-corrected chi connectivity index (χ3v) is 6.96. The Morgan fingerprint density at radius 1 is 1.23 bits per heavy atom. The summed E-state index contributed by atoms with van der Waals surface area (Å²) in [6.45, 7) is 10.0. The Bertz CT molecular complexity index is 748. The van der Waals surface area contributed by atoms with E-state index in [9.17, 15) is 10.2 Å². The maximum Gasteiger partial charge on any atom is 0.216 e. The number of rotatable bonds is 4. The summed E-state index contributed by atoms with van der Waals surface area (Å²) in [6.07, 6.45) is 15.8. The Morgan fingerprint density at radius 2 is 2.03 bits per heavy atom. The monoisotopic (exact) mass is 414 g/mol. The van der Waals surface area contributed by atoms with Gasteiger partial charge in [-0.15, -0.1) is 0 Å². The molecule has 4 aliphatic rings. The summed E-state index contributed by atoms with van der Waals surface area (Å²) in [5.74, 6) is 1.16. The Kier molecular flexibility index (Phi) is 6.27. The molecule has 1 saturated heterocycles. The van der Waals surface area contributed by atoms with Crippen LogP contribution in [0.4, 0.5) is 0 Å². The van der Waals surface area contributed by atoms with Crippen molar-refractivity contribution in [1.29, 1.82) is 0 Å². The molecule has 4 rings (SSSR count). The van der Waals surface area contributed by atoms with Gasteiger partial charge in [-0.2, -0.15) is 0 Å². The molecule has 6 atom stereocenters. The Hall–Kier alpha value is -1.40. The van der Waals surface area contributed by atoms with Crippen LogP contribution in [0.15, 0.2) is 47.9 Å². The summed E-state index contributed by atoms with van der Waals surface area (Å²) in [5.41, 5.74) is 2.39. The highest BCUT2D eigenvalue weighted by atomic mass is 16.6. The first kappa shape index (κ1) is 21.8. The van der Waals surface area contributed by atoms with Crippen molar-refractivity contribution < 1.29 is 14.9 Å². The molecule has 0 radical (unpaired) electrons. The lowest BCUT2D eigenvalue weighted by atomic mass is 9.76. The fourth-order valence-corrected chi connectivity index (χ4v) is 5.79. The van der Waals surface area contributed by atoms with Gasteiger partial charge in [-0.05, 0) is 70.1 Å². The molecule has 0 saturated carbocycles. The van der Waals surface area contributed by atoms with Crippen molar-refractivity contribution in [2.45, 2.75) is 77.5 Å². The normalized spacial score (nSPS) is 35.8. The summed E-state index contributed by atoms with van der Waals surface area (Å²) in [6, 6.07) is 0.369. The number of piperidine rings is 1. The molecular weight excluding hydrogens is 376 g/mol. The average molecular weight is 415 g/mol. The first-order valence-corrected chi connectivity index (χ1v) is 11.6. The van der Waals surface area contributed by atoms with Crippen LogP contribution in [0.2, 0.25) is 0 Å². The zero-order chi connectivity index (χ0) is 21.5. The van der Waals surface area contributed by atoms with Crippen LogP contribution in [-0.2, 0) is 4.74 Å². The Morgan fingerprint density at radius 3 is 2.77 bits per heavy atom. The number of likely N-dealkylation sites (tertiary alicyclic amines) is 1. The van der Waals surface area contributed by atoms with Crippen molar-refractivity contribution in [1.82, 2.24) is 9.80 Å². The molecule has 1 aliphatic carbocycles. The van der Waals surface area contributed by atoms with E-state index in [0.717, 1.165) is 38.8 Å². The van der Waals surface area contributed by atoms with Crippen molar-refractivity contribution >= 4 is 0 Å². The second-order valence-corrected chi connectivity index (χ2v) is 10.3. The number of aliphatic hydroxyl groups is 2. The largest absolute Gasteiger partial charge is 0.393 e. The summed E-state index contributed by atoms with van der Waals surface area (Å²) in [5, 5.41) is 20.9. The van der Waals surface area contributed by atoms with Crippen molar-refractivity contribution in [2.75, 3.05) is 13.1 Å². The molecule has 30 heavy (non-hydrogen) atoms. The number of allylic oxidation sites excluding steroid dienone is 4. The van der Waals surface area contributed by atoms with Gasteiger partial charge in [-0.3, -0.25) is 4.90 Å². The maximum atomic E-state index is 10.7. The van der Waals surface area contributed by atoms with Crippen LogP contribution < -0.4 is 0 Å². The van der Waals surface area contributed by atoms with E-state index in [1.165, 1.54) is 11.3 Å². The molecule has 166 valence electrons. The molecule has 0 amide bonds. The molecule has 0 aromatic carbocycles. The van der Waals surface area contributed by atoms with Crippen LogP contribution in [0, 0.1) is 17.8 Å². The van der Waals surface area contributed by atoms with Crippen molar-refractivity contribution in [3.05, 3.63) is 47.9 Å². The minimum absolute atomic E-state index is 0.245. The molecule has 3 heterocycles. The van der Waals surface area contributed by atoms with Gasteiger partial charge in [0.2, 0.25) is 6.41 Å². The summed E-state index contributed by atoms with van der Waals surface area (Å²) in [7, 11) is 0. The van der Waals surface area contributed by atoms with E-state index >= 15 is 0 Å². The number of hydrogen-bond acceptors (Lipinski definition) is 5. The number of aliphatic hydroxyl groups excluding tert-OH is 2. The predicted molar refractivity (Wildman–Crippen MR) is 119 cm³/mol. The Balaban J connectivity index is 1.55. The first-order valence-electron chi connectivity index (χ1n) is 11.6. The fraction of sp³-hybridized carbons (Fsp3) is 0.680. The number of nitrogens with zero attached hydrogens (tertiary/aromatic N) is 2. The first-order chi connectivity index (χ1) is 14.2. The molecule has 0 spiro atoms. The third-order valence-electron chi connectivity index (χ3n) is 6.96. The number of fused-ring (bicyclic) bond motifs is 1. The summed E-state index contributed by atoms with van der Waals surface area (Å²) >= 11 is 0.